The van der Waals surface area contributed by atoms with Gasteiger partial charge in [0.05, 0.1) is 64.3 Å². The van der Waals surface area contributed by atoms with Crippen molar-refractivity contribution in [1.82, 2.24) is 0 Å². The lowest BCUT2D eigenvalue weighted by Gasteiger charge is -2.38. The highest BCUT2D eigenvalue weighted by atomic mass is 16.4. The number of hydrogen-bond acceptors (Lipinski definition) is 6. The van der Waals surface area contributed by atoms with Gasteiger partial charge in [-0.1, -0.05) is 235 Å². The molecule has 66 heavy (non-hydrogen) atoms. The fourth-order valence-corrected chi connectivity index (χ4v) is 10.4. The summed E-state index contributed by atoms with van der Waals surface area (Å²) in [6.45, 7) is 30.1. The van der Waals surface area contributed by atoms with Crippen LogP contribution in [0.4, 0.5) is 0 Å². The summed E-state index contributed by atoms with van der Waals surface area (Å²) in [7, 11) is 0. The van der Waals surface area contributed by atoms with Gasteiger partial charge < -0.3 is 39.0 Å². The van der Waals surface area contributed by atoms with E-state index < -0.39 is 24.1 Å². The molecule has 0 aromatic rings. The summed E-state index contributed by atoms with van der Waals surface area (Å²) in [6.07, 6.45) is 50.2. The van der Waals surface area contributed by atoms with Crippen LogP contribution in [0.5, 0.6) is 0 Å². The minimum atomic E-state index is -2.44. The number of carboxylic acids is 2. The molecule has 0 saturated carbocycles. The van der Waals surface area contributed by atoms with E-state index in [1.54, 1.807) is 0 Å². The normalized spacial score (nSPS) is 12.6. The first-order valence-corrected chi connectivity index (χ1v) is 29.4. The molecule has 0 rings (SSSR count). The Balaban J connectivity index is -0.000000997. The second-order valence-corrected chi connectivity index (χ2v) is 20.6. The van der Waals surface area contributed by atoms with Crippen LogP contribution in [0.3, 0.4) is 0 Å². The zero-order valence-corrected chi connectivity index (χ0v) is 46.1. The first kappa shape index (κ1) is 69.0. The maximum Gasteiger partial charge on any atom is 0.124 e. The van der Waals surface area contributed by atoms with Gasteiger partial charge in [0.15, 0.2) is 0 Å². The minimum Gasteiger partial charge on any atom is -0.547 e. The van der Waals surface area contributed by atoms with Gasteiger partial charge >= 0.3 is 0 Å². The van der Waals surface area contributed by atoms with Crippen molar-refractivity contribution in [3.63, 3.8) is 0 Å². The first-order chi connectivity index (χ1) is 31.9. The number of carbonyl (C=O) groups is 2. The van der Waals surface area contributed by atoms with Crippen molar-refractivity contribution < 1.29 is 39.0 Å². The van der Waals surface area contributed by atoms with Gasteiger partial charge in [0.25, 0.3) is 0 Å². The molecule has 2 unspecified atom stereocenters. The lowest BCUT2D eigenvalue weighted by atomic mass is 10.0. The number of unbranched alkanes of at least 4 members (excludes halogenated alkanes) is 30. The molecular formula is C58H120N2O6. The van der Waals surface area contributed by atoms with Gasteiger partial charge in [-0.3, -0.25) is 0 Å². The third-order valence-electron chi connectivity index (χ3n) is 13.9. The van der Waals surface area contributed by atoms with Crippen LogP contribution in [0.15, 0.2) is 0 Å². The molecule has 0 saturated heterocycles. The van der Waals surface area contributed by atoms with Gasteiger partial charge in [0.2, 0.25) is 0 Å². The SMILES string of the molecule is CCCCCCCCCCCCCCCCCC[N+](CCC)(CCC)CCC.CCCCCCCCCCCCCCCCCC[N+](CCC)(CCC)CCC.O=C([O-])C(O)C(O)C(=O)[O-]. The monoisotopic (exact) mass is 941 g/mol. The molecule has 0 aliphatic carbocycles. The topological polar surface area (TPSA) is 121 Å². The van der Waals surface area contributed by atoms with E-state index in [0.717, 1.165) is 0 Å². The Kier molecular flexibility index (Phi) is 55.6. The zero-order valence-electron chi connectivity index (χ0n) is 46.1. The number of aliphatic hydroxyl groups is 2. The quantitative estimate of drug-likeness (QED) is 0.0463. The van der Waals surface area contributed by atoms with Gasteiger partial charge in [-0.25, -0.2) is 0 Å². The highest BCUT2D eigenvalue weighted by molar-refractivity contribution is 5.80. The zero-order chi connectivity index (χ0) is 49.8. The van der Waals surface area contributed by atoms with E-state index in [2.05, 4.69) is 55.4 Å². The third-order valence-corrected chi connectivity index (χ3v) is 13.9. The molecule has 0 spiro atoms. The van der Waals surface area contributed by atoms with Crippen molar-refractivity contribution in [2.24, 2.45) is 0 Å². The summed E-state index contributed by atoms with van der Waals surface area (Å²) in [4.78, 5) is 19.3. The van der Waals surface area contributed by atoms with Gasteiger partial charge in [-0.15, -0.1) is 0 Å². The summed E-state index contributed by atoms with van der Waals surface area (Å²) >= 11 is 0. The average molecular weight is 942 g/mol. The van der Waals surface area contributed by atoms with Gasteiger partial charge in [0.1, 0.15) is 12.2 Å². The molecule has 0 bridgehead atoms. The fraction of sp³-hybridized carbons (Fsp3) is 0.966. The molecule has 8 nitrogen and oxygen atoms in total. The van der Waals surface area contributed by atoms with Crippen LogP contribution in [-0.2, 0) is 9.59 Å². The molecule has 0 aliphatic rings. The second-order valence-electron chi connectivity index (χ2n) is 20.6. The third kappa shape index (κ3) is 45.2. The van der Waals surface area contributed by atoms with Crippen molar-refractivity contribution >= 4 is 11.9 Å². The van der Waals surface area contributed by atoms with Gasteiger partial charge in [-0.2, -0.15) is 0 Å². The molecule has 398 valence electrons. The fourth-order valence-electron chi connectivity index (χ4n) is 10.4. The number of aliphatic hydroxyl groups excluding tert-OH is 2. The largest absolute Gasteiger partial charge is 0.547 e. The van der Waals surface area contributed by atoms with Crippen LogP contribution in [0.2, 0.25) is 0 Å². The van der Waals surface area contributed by atoms with Crippen LogP contribution < -0.4 is 10.2 Å². The molecule has 2 atom stereocenters. The van der Waals surface area contributed by atoms with Crippen molar-refractivity contribution in [3.8, 4) is 0 Å². The van der Waals surface area contributed by atoms with Crippen molar-refractivity contribution in [2.45, 2.75) is 312 Å². The Morgan fingerprint density at radius 1 is 0.273 bits per heavy atom. The maximum atomic E-state index is 9.63. The number of quaternary nitrogens is 2. The molecule has 0 aliphatic heterocycles. The number of carbonyl (C=O) groups excluding carboxylic acids is 2. The van der Waals surface area contributed by atoms with E-state index in [1.165, 1.54) is 305 Å². The molecule has 2 N–H and O–H groups in total. The van der Waals surface area contributed by atoms with E-state index in [0.29, 0.717) is 0 Å². The van der Waals surface area contributed by atoms with Gasteiger partial charge in [0, 0.05) is 0 Å². The minimum absolute atomic E-state index is 1.35. The Morgan fingerprint density at radius 3 is 0.561 bits per heavy atom. The number of carboxylic acid groups (broad SMARTS) is 2. The lowest BCUT2D eigenvalue weighted by molar-refractivity contribution is -0.928. The van der Waals surface area contributed by atoms with E-state index in [4.69, 9.17) is 10.2 Å². The highest BCUT2D eigenvalue weighted by Gasteiger charge is 2.25. The predicted octanol–water partition coefficient (Wildman–Crippen LogP) is 13.8. The van der Waals surface area contributed by atoms with E-state index in [1.807, 2.05) is 0 Å². The Labute approximate surface area is 413 Å². The standard InChI is InChI=1S/2C27H58N.C4H6O6/c2*1-5-9-10-11-12-13-14-15-16-17-18-19-20-21-22-23-27-28(24-6-2,25-7-3)26-8-4;5-1(3(7)8)2(6)4(9)10/h2*5-27H2,1-4H3;1-2,5-6H,(H,7,8)(H,9,10)/q2*+1;/p-2. The lowest BCUT2D eigenvalue weighted by Crippen LogP contribution is -2.51. The van der Waals surface area contributed by atoms with Gasteiger partial charge in [-0.05, 0) is 64.2 Å². The maximum absolute atomic E-state index is 9.63. The van der Waals surface area contributed by atoms with Crippen molar-refractivity contribution in [2.75, 3.05) is 52.4 Å². The highest BCUT2D eigenvalue weighted by Crippen LogP contribution is 2.19. The number of rotatable bonds is 49. The molecule has 0 fully saturated rings. The summed E-state index contributed by atoms with van der Waals surface area (Å²) in [5, 5.41) is 35.7. The Hall–Kier alpha value is -1.22. The second kappa shape index (κ2) is 53.1. The number of hydrogen-bond donors (Lipinski definition) is 2. The van der Waals surface area contributed by atoms with E-state index in [9.17, 15) is 19.8 Å². The summed E-state index contributed by atoms with van der Waals surface area (Å²) in [5.41, 5.74) is 0. The van der Waals surface area contributed by atoms with Crippen LogP contribution in [0.1, 0.15) is 299 Å². The van der Waals surface area contributed by atoms with Crippen LogP contribution in [0, 0.1) is 0 Å². The summed E-state index contributed by atoms with van der Waals surface area (Å²) in [5.74, 6) is -4.12. The first-order valence-electron chi connectivity index (χ1n) is 29.4. The van der Waals surface area contributed by atoms with Crippen molar-refractivity contribution in [3.05, 3.63) is 0 Å². The van der Waals surface area contributed by atoms with Crippen LogP contribution in [0.25, 0.3) is 0 Å². The molecule has 0 aromatic heterocycles. The van der Waals surface area contributed by atoms with Crippen LogP contribution in [-0.4, -0.2) is 95.7 Å². The summed E-state index contributed by atoms with van der Waals surface area (Å²) < 4.78 is 2.81. The molecule has 0 aromatic carbocycles. The molecule has 0 heterocycles. The summed E-state index contributed by atoms with van der Waals surface area (Å²) in [6, 6.07) is 0. The van der Waals surface area contributed by atoms with E-state index in [-0.39, 0.29) is 0 Å². The molecular weight excluding hydrogens is 821 g/mol. The Bertz CT molecular complexity index is 869. The predicted molar refractivity (Wildman–Crippen MR) is 282 cm³/mol. The number of aliphatic carboxylic acids is 2. The average Bonchev–Trinajstić information content (AvgIpc) is 3.29. The number of nitrogens with zero attached hydrogens (tertiary/aromatic N) is 2. The molecule has 0 amide bonds. The smallest absolute Gasteiger partial charge is 0.124 e. The van der Waals surface area contributed by atoms with Crippen LogP contribution >= 0.6 is 0 Å². The van der Waals surface area contributed by atoms with Crippen molar-refractivity contribution in [1.29, 1.82) is 0 Å². The molecule has 8 heteroatoms. The van der Waals surface area contributed by atoms with E-state index >= 15 is 0 Å². The Morgan fingerprint density at radius 2 is 0.424 bits per heavy atom. The molecule has 0 radical (unpaired) electrons.